The number of likely N-dealkylation sites (tertiary alicyclic amines) is 1. The standard InChI is InChI=1S/C14H19N3.C7H13N3/c15-8-4-9-16-14-7-10-17(12-14)11-13-5-2-1-3-6-13;8-3-1-4-10-7-2-5-9-6-7/h1-3,5-6,14,16H,4,7,9-12H2;7,9-10H,1-2,4-6H2/t14-;7-/m00/s1. The van der Waals surface area contributed by atoms with Crippen molar-refractivity contribution in [3.63, 3.8) is 0 Å². The van der Waals surface area contributed by atoms with Crippen LogP contribution in [-0.2, 0) is 6.54 Å². The number of hydrogen-bond donors (Lipinski definition) is 3. The number of nitrogens with zero attached hydrogens (tertiary/aromatic N) is 3. The molecule has 6 nitrogen and oxygen atoms in total. The summed E-state index contributed by atoms with van der Waals surface area (Å²) in [6.07, 6.45) is 3.62. The first-order valence-electron chi connectivity index (χ1n) is 9.99. The Hall–Kier alpha value is -1.96. The molecule has 27 heavy (non-hydrogen) atoms. The monoisotopic (exact) mass is 368 g/mol. The van der Waals surface area contributed by atoms with E-state index < -0.39 is 0 Å². The third kappa shape index (κ3) is 8.99. The number of rotatable bonds is 8. The Labute approximate surface area is 163 Å². The molecule has 2 atom stereocenters. The average molecular weight is 369 g/mol. The molecule has 3 N–H and O–H groups in total. The fraction of sp³-hybridized carbons (Fsp3) is 0.619. The first kappa shape index (κ1) is 21.3. The van der Waals surface area contributed by atoms with E-state index in [1.54, 1.807) is 0 Å². The topological polar surface area (TPSA) is 86.9 Å². The third-order valence-corrected chi connectivity index (χ3v) is 4.92. The van der Waals surface area contributed by atoms with E-state index in [0.29, 0.717) is 24.9 Å². The molecule has 2 fully saturated rings. The van der Waals surface area contributed by atoms with Crippen molar-refractivity contribution in [3.8, 4) is 12.1 Å². The zero-order valence-electron chi connectivity index (χ0n) is 16.2. The van der Waals surface area contributed by atoms with Crippen LogP contribution in [0.25, 0.3) is 0 Å². The van der Waals surface area contributed by atoms with Gasteiger partial charge in [0.15, 0.2) is 0 Å². The van der Waals surface area contributed by atoms with E-state index >= 15 is 0 Å². The maximum atomic E-state index is 8.49. The van der Waals surface area contributed by atoms with Crippen LogP contribution in [-0.4, -0.2) is 56.3 Å². The molecule has 0 amide bonds. The fourth-order valence-corrected chi connectivity index (χ4v) is 3.48. The van der Waals surface area contributed by atoms with Crippen molar-refractivity contribution in [3.05, 3.63) is 35.9 Å². The summed E-state index contributed by atoms with van der Waals surface area (Å²) < 4.78 is 0. The highest BCUT2D eigenvalue weighted by Gasteiger charge is 2.21. The van der Waals surface area contributed by atoms with Crippen LogP contribution in [0.5, 0.6) is 0 Å². The summed E-state index contributed by atoms with van der Waals surface area (Å²) >= 11 is 0. The van der Waals surface area contributed by atoms with Gasteiger partial charge in [-0.25, -0.2) is 0 Å². The molecule has 0 spiro atoms. The van der Waals surface area contributed by atoms with Crippen LogP contribution in [0.4, 0.5) is 0 Å². The van der Waals surface area contributed by atoms with E-state index in [0.717, 1.165) is 45.8 Å². The minimum absolute atomic E-state index is 0.562. The van der Waals surface area contributed by atoms with Gasteiger partial charge in [-0.05, 0) is 24.9 Å². The van der Waals surface area contributed by atoms with Crippen molar-refractivity contribution in [1.82, 2.24) is 20.9 Å². The van der Waals surface area contributed by atoms with Crippen molar-refractivity contribution in [2.45, 2.75) is 44.3 Å². The maximum absolute atomic E-state index is 8.49. The van der Waals surface area contributed by atoms with Crippen LogP contribution in [0.2, 0.25) is 0 Å². The molecule has 3 rings (SSSR count). The Bertz CT molecular complexity index is 585. The fourth-order valence-electron chi connectivity index (χ4n) is 3.48. The molecule has 2 heterocycles. The lowest BCUT2D eigenvalue weighted by molar-refractivity contribution is 0.320. The maximum Gasteiger partial charge on any atom is 0.0635 e. The van der Waals surface area contributed by atoms with Crippen LogP contribution >= 0.6 is 0 Å². The van der Waals surface area contributed by atoms with Crippen molar-refractivity contribution in [2.24, 2.45) is 0 Å². The molecule has 1 aromatic rings. The van der Waals surface area contributed by atoms with Gasteiger partial charge in [0.25, 0.3) is 0 Å². The van der Waals surface area contributed by atoms with Gasteiger partial charge in [0.2, 0.25) is 0 Å². The average Bonchev–Trinajstić information content (AvgIpc) is 3.36. The van der Waals surface area contributed by atoms with E-state index in [9.17, 15) is 0 Å². The summed E-state index contributed by atoms with van der Waals surface area (Å²) in [6, 6.07) is 16.0. The summed E-state index contributed by atoms with van der Waals surface area (Å²) in [5.74, 6) is 0. The van der Waals surface area contributed by atoms with Crippen LogP contribution in [0, 0.1) is 22.7 Å². The van der Waals surface area contributed by atoms with Gasteiger partial charge in [-0.3, -0.25) is 4.90 Å². The van der Waals surface area contributed by atoms with Crippen molar-refractivity contribution in [2.75, 3.05) is 39.3 Å². The summed E-state index contributed by atoms with van der Waals surface area (Å²) in [6.45, 7) is 7.12. The molecule has 146 valence electrons. The van der Waals surface area contributed by atoms with Crippen LogP contribution in [0.3, 0.4) is 0 Å². The quantitative estimate of drug-likeness (QED) is 0.605. The highest BCUT2D eigenvalue weighted by atomic mass is 15.2. The SMILES string of the molecule is N#CCCN[C@H]1CCN(Cc2ccccc2)C1.N#CCCN[C@H]1CCNC1. The number of nitriles is 2. The predicted molar refractivity (Wildman–Crippen MR) is 108 cm³/mol. The van der Waals surface area contributed by atoms with Gasteiger partial charge >= 0.3 is 0 Å². The van der Waals surface area contributed by atoms with Gasteiger partial charge in [0.1, 0.15) is 0 Å². The minimum atomic E-state index is 0.562. The molecule has 2 aliphatic heterocycles. The smallest absolute Gasteiger partial charge is 0.0635 e. The summed E-state index contributed by atoms with van der Waals surface area (Å²) in [5.41, 5.74) is 1.38. The van der Waals surface area contributed by atoms with Crippen molar-refractivity contribution < 1.29 is 0 Å². The minimum Gasteiger partial charge on any atom is -0.315 e. The van der Waals surface area contributed by atoms with Crippen molar-refractivity contribution in [1.29, 1.82) is 10.5 Å². The molecule has 0 bridgehead atoms. The Kier molecular flexibility index (Phi) is 10.5. The van der Waals surface area contributed by atoms with E-state index in [2.05, 4.69) is 63.3 Å². The van der Waals surface area contributed by atoms with E-state index in [1.807, 2.05) is 0 Å². The zero-order valence-corrected chi connectivity index (χ0v) is 16.2. The first-order valence-corrected chi connectivity index (χ1v) is 9.99. The Morgan fingerprint density at radius 1 is 1.00 bits per heavy atom. The Morgan fingerprint density at radius 3 is 2.33 bits per heavy atom. The van der Waals surface area contributed by atoms with E-state index in [-0.39, 0.29) is 0 Å². The molecule has 1 aromatic carbocycles. The molecule has 2 aliphatic rings. The summed E-state index contributed by atoms with van der Waals surface area (Å²) in [5, 5.41) is 26.7. The first-order chi connectivity index (χ1) is 13.3. The predicted octanol–water partition coefficient (Wildman–Crippen LogP) is 1.62. The lowest BCUT2D eigenvalue weighted by Gasteiger charge is -2.16. The Morgan fingerprint density at radius 2 is 1.70 bits per heavy atom. The number of hydrogen-bond acceptors (Lipinski definition) is 6. The lowest BCUT2D eigenvalue weighted by Crippen LogP contribution is -2.32. The second kappa shape index (κ2) is 13.2. The van der Waals surface area contributed by atoms with Gasteiger partial charge in [0.05, 0.1) is 12.1 Å². The number of nitrogens with one attached hydrogen (secondary N) is 3. The van der Waals surface area contributed by atoms with Gasteiger partial charge in [0, 0.05) is 64.2 Å². The largest absolute Gasteiger partial charge is 0.315 e. The Balaban J connectivity index is 0.000000223. The second-order valence-electron chi connectivity index (χ2n) is 7.12. The molecule has 0 aromatic heterocycles. The van der Waals surface area contributed by atoms with Crippen LogP contribution in [0.1, 0.15) is 31.2 Å². The zero-order chi connectivity index (χ0) is 19.2. The highest BCUT2D eigenvalue weighted by molar-refractivity contribution is 5.14. The van der Waals surface area contributed by atoms with Crippen LogP contribution in [0.15, 0.2) is 30.3 Å². The molecule has 2 saturated heterocycles. The van der Waals surface area contributed by atoms with Gasteiger partial charge in [-0.15, -0.1) is 0 Å². The van der Waals surface area contributed by atoms with E-state index in [4.69, 9.17) is 10.5 Å². The molecule has 0 saturated carbocycles. The molecular formula is C21H32N6. The van der Waals surface area contributed by atoms with Gasteiger partial charge in [-0.2, -0.15) is 10.5 Å². The molecular weight excluding hydrogens is 336 g/mol. The van der Waals surface area contributed by atoms with Gasteiger partial charge in [-0.1, -0.05) is 30.3 Å². The third-order valence-electron chi connectivity index (χ3n) is 4.92. The summed E-state index contributed by atoms with van der Waals surface area (Å²) in [7, 11) is 0. The second-order valence-corrected chi connectivity index (χ2v) is 7.12. The number of benzene rings is 1. The van der Waals surface area contributed by atoms with Crippen molar-refractivity contribution >= 4 is 0 Å². The highest BCUT2D eigenvalue weighted by Crippen LogP contribution is 2.13. The lowest BCUT2D eigenvalue weighted by atomic mass is 10.2. The summed E-state index contributed by atoms with van der Waals surface area (Å²) in [4.78, 5) is 2.47. The molecule has 0 unspecified atom stereocenters. The molecule has 0 aliphatic carbocycles. The van der Waals surface area contributed by atoms with Gasteiger partial charge < -0.3 is 16.0 Å². The van der Waals surface area contributed by atoms with E-state index in [1.165, 1.54) is 18.4 Å². The normalized spacial score (nSPS) is 21.9. The van der Waals surface area contributed by atoms with Crippen LogP contribution < -0.4 is 16.0 Å². The molecule has 0 radical (unpaired) electrons. The molecule has 6 heteroatoms.